The molecule has 208 valence electrons. The van der Waals surface area contributed by atoms with E-state index in [4.69, 9.17) is 16.3 Å². The molecule has 4 aromatic rings. The Morgan fingerprint density at radius 3 is 2.49 bits per heavy atom. The van der Waals surface area contributed by atoms with E-state index in [9.17, 15) is 15.2 Å². The molecule has 0 aliphatic heterocycles. The summed E-state index contributed by atoms with van der Waals surface area (Å²) in [6.45, 7) is 5.99. The number of halogens is 1. The molecule has 0 aromatic heterocycles. The Bertz CT molecular complexity index is 1620. The lowest BCUT2D eigenvalue weighted by molar-refractivity contribution is -0.143. The first-order chi connectivity index (χ1) is 19.7. The van der Waals surface area contributed by atoms with Crippen molar-refractivity contribution in [2.45, 2.75) is 57.7 Å². The third-order valence-electron chi connectivity index (χ3n) is 7.94. The number of hydrogen-bond donors (Lipinski definition) is 2. The van der Waals surface area contributed by atoms with Gasteiger partial charge in [-0.2, -0.15) is 5.26 Å². The van der Waals surface area contributed by atoms with Gasteiger partial charge in [0, 0.05) is 17.1 Å². The molecule has 0 saturated heterocycles. The summed E-state index contributed by atoms with van der Waals surface area (Å²) in [6, 6.07) is 30.4. The highest BCUT2D eigenvalue weighted by molar-refractivity contribution is 6.31. The second-order valence-electron chi connectivity index (χ2n) is 11.2. The third kappa shape index (κ3) is 6.30. The Morgan fingerprint density at radius 2 is 1.76 bits per heavy atom. The highest BCUT2D eigenvalue weighted by Gasteiger charge is 2.42. The molecule has 41 heavy (non-hydrogen) atoms. The van der Waals surface area contributed by atoms with Crippen molar-refractivity contribution in [3.63, 3.8) is 0 Å². The van der Waals surface area contributed by atoms with E-state index in [-0.39, 0.29) is 19.1 Å². The highest BCUT2D eigenvalue weighted by Crippen LogP contribution is 2.58. The van der Waals surface area contributed by atoms with E-state index >= 15 is 0 Å². The van der Waals surface area contributed by atoms with Crippen LogP contribution in [0.15, 0.2) is 84.9 Å². The van der Waals surface area contributed by atoms with Crippen LogP contribution in [0.5, 0.6) is 5.75 Å². The SMILES string of the molecule is Cc1c(-c2ccccc2)cccc1[C@H]1C[C@@H]1c1cc(OCc2cccc(C#N)c2)c(CNC(C)(C)C(=O)O)cc1Cl. The van der Waals surface area contributed by atoms with Gasteiger partial charge in [-0.1, -0.05) is 72.3 Å². The van der Waals surface area contributed by atoms with E-state index in [0.717, 1.165) is 23.1 Å². The van der Waals surface area contributed by atoms with Crippen LogP contribution in [0.4, 0.5) is 0 Å². The minimum absolute atomic E-state index is 0.258. The summed E-state index contributed by atoms with van der Waals surface area (Å²) in [5.41, 5.74) is 7.21. The van der Waals surface area contributed by atoms with E-state index < -0.39 is 11.5 Å². The topological polar surface area (TPSA) is 82.3 Å². The van der Waals surface area contributed by atoms with Crippen LogP contribution in [0.1, 0.15) is 65.5 Å². The van der Waals surface area contributed by atoms with E-state index in [1.54, 1.807) is 19.9 Å². The van der Waals surface area contributed by atoms with Crippen LogP contribution in [-0.2, 0) is 17.9 Å². The lowest BCUT2D eigenvalue weighted by Gasteiger charge is -2.23. The molecule has 5 nitrogen and oxygen atoms in total. The molecule has 6 heteroatoms. The zero-order chi connectivity index (χ0) is 29.1. The smallest absolute Gasteiger partial charge is 0.323 e. The van der Waals surface area contributed by atoms with Gasteiger partial charge in [-0.15, -0.1) is 0 Å². The number of hydrogen-bond acceptors (Lipinski definition) is 4. The summed E-state index contributed by atoms with van der Waals surface area (Å²) in [5.74, 6) is 0.325. The molecule has 0 bridgehead atoms. The number of nitrogens with one attached hydrogen (secondary N) is 1. The van der Waals surface area contributed by atoms with Crippen molar-refractivity contribution in [3.05, 3.63) is 123 Å². The van der Waals surface area contributed by atoms with Crippen molar-refractivity contribution in [1.82, 2.24) is 5.32 Å². The first kappa shape index (κ1) is 28.4. The van der Waals surface area contributed by atoms with E-state index in [2.05, 4.69) is 60.8 Å². The van der Waals surface area contributed by atoms with Gasteiger partial charge in [-0.3, -0.25) is 10.1 Å². The minimum atomic E-state index is -1.12. The molecular formula is C35H33ClN2O3. The molecular weight excluding hydrogens is 532 g/mol. The van der Waals surface area contributed by atoms with Gasteiger partial charge in [0.15, 0.2) is 0 Å². The number of nitriles is 1. The Kier molecular flexibility index (Phi) is 8.17. The molecule has 1 aliphatic rings. The summed E-state index contributed by atoms with van der Waals surface area (Å²) >= 11 is 6.89. The molecule has 0 unspecified atom stereocenters. The predicted molar refractivity (Wildman–Crippen MR) is 162 cm³/mol. The van der Waals surface area contributed by atoms with Gasteiger partial charge in [0.25, 0.3) is 0 Å². The second kappa shape index (κ2) is 11.8. The van der Waals surface area contributed by atoms with Gasteiger partial charge in [-0.25, -0.2) is 0 Å². The lowest BCUT2D eigenvalue weighted by Crippen LogP contribution is -2.46. The van der Waals surface area contributed by atoms with E-state index in [1.807, 2.05) is 36.4 Å². The van der Waals surface area contributed by atoms with Crippen molar-refractivity contribution in [2.75, 3.05) is 0 Å². The highest BCUT2D eigenvalue weighted by atomic mass is 35.5. The average Bonchev–Trinajstić information content (AvgIpc) is 3.76. The summed E-state index contributed by atoms with van der Waals surface area (Å²) in [4.78, 5) is 11.7. The molecule has 2 atom stereocenters. The maximum Gasteiger partial charge on any atom is 0.323 e. The molecule has 2 N–H and O–H groups in total. The minimum Gasteiger partial charge on any atom is -0.489 e. The Labute approximate surface area is 246 Å². The molecule has 4 aromatic carbocycles. The monoisotopic (exact) mass is 564 g/mol. The number of benzene rings is 4. The van der Waals surface area contributed by atoms with Crippen LogP contribution >= 0.6 is 11.6 Å². The number of rotatable bonds is 10. The maximum absolute atomic E-state index is 11.7. The van der Waals surface area contributed by atoms with Crippen LogP contribution in [0.3, 0.4) is 0 Å². The molecule has 1 fully saturated rings. The fourth-order valence-corrected chi connectivity index (χ4v) is 5.65. The summed E-state index contributed by atoms with van der Waals surface area (Å²) in [5, 5.41) is 22.6. The summed E-state index contributed by atoms with van der Waals surface area (Å²) in [6.07, 6.45) is 0.992. The number of carboxylic acid groups (broad SMARTS) is 1. The predicted octanol–water partition coefficient (Wildman–Crippen LogP) is 7.99. The van der Waals surface area contributed by atoms with Crippen LogP contribution in [0, 0.1) is 18.3 Å². The standard InChI is InChI=1S/C35H33ClN2O3/c1-22-27(25-11-5-4-6-12-25)13-8-14-28(22)29-17-30(29)31-18-33(41-21-24-10-7-9-23(15-24)19-37)26(16-32(31)36)20-38-35(2,3)34(39)40/h4-16,18,29-30,38H,17,20-21H2,1-3H3,(H,39,40)/t29-,30+/m1/s1. The second-order valence-corrected chi connectivity index (χ2v) is 11.6. The van der Waals surface area contributed by atoms with E-state index in [1.165, 1.54) is 22.3 Å². The normalized spacial score (nSPS) is 16.2. The van der Waals surface area contributed by atoms with Crippen LogP contribution in [-0.4, -0.2) is 16.6 Å². The zero-order valence-corrected chi connectivity index (χ0v) is 24.2. The van der Waals surface area contributed by atoms with Crippen LogP contribution in [0.2, 0.25) is 5.02 Å². The van der Waals surface area contributed by atoms with Gasteiger partial charge < -0.3 is 9.84 Å². The van der Waals surface area contributed by atoms with Gasteiger partial charge in [0.05, 0.1) is 11.6 Å². The molecule has 1 aliphatic carbocycles. The lowest BCUT2D eigenvalue weighted by atomic mass is 9.93. The van der Waals surface area contributed by atoms with Gasteiger partial charge in [0.1, 0.15) is 17.9 Å². The Balaban J connectivity index is 1.44. The van der Waals surface area contributed by atoms with E-state index in [0.29, 0.717) is 22.3 Å². The fourth-order valence-electron chi connectivity index (χ4n) is 5.32. The molecule has 5 rings (SSSR count). The summed E-state index contributed by atoms with van der Waals surface area (Å²) < 4.78 is 6.31. The molecule has 1 saturated carbocycles. The van der Waals surface area contributed by atoms with Crippen LogP contribution in [0.25, 0.3) is 11.1 Å². The number of carboxylic acids is 1. The molecule has 0 heterocycles. The van der Waals surface area contributed by atoms with Gasteiger partial charge in [-0.05, 0) is 96.7 Å². The largest absolute Gasteiger partial charge is 0.489 e. The zero-order valence-electron chi connectivity index (χ0n) is 23.4. The van der Waals surface area contributed by atoms with Crippen molar-refractivity contribution in [1.29, 1.82) is 5.26 Å². The van der Waals surface area contributed by atoms with Gasteiger partial charge in [0.2, 0.25) is 0 Å². The van der Waals surface area contributed by atoms with Crippen molar-refractivity contribution < 1.29 is 14.6 Å². The first-order valence-electron chi connectivity index (χ1n) is 13.8. The van der Waals surface area contributed by atoms with Gasteiger partial charge >= 0.3 is 5.97 Å². The number of carbonyl (C=O) groups is 1. The Hall–Kier alpha value is -4.11. The molecule has 0 amide bonds. The number of nitrogens with zero attached hydrogens (tertiary/aromatic N) is 1. The van der Waals surface area contributed by atoms with Crippen LogP contribution < -0.4 is 10.1 Å². The molecule has 0 spiro atoms. The first-order valence-corrected chi connectivity index (χ1v) is 14.1. The van der Waals surface area contributed by atoms with Crippen molar-refractivity contribution in [3.8, 4) is 22.9 Å². The molecule has 0 radical (unpaired) electrons. The Morgan fingerprint density at radius 1 is 1.02 bits per heavy atom. The van der Waals surface area contributed by atoms with Crippen molar-refractivity contribution in [2.24, 2.45) is 0 Å². The summed E-state index contributed by atoms with van der Waals surface area (Å²) in [7, 11) is 0. The third-order valence-corrected chi connectivity index (χ3v) is 8.26. The number of aliphatic carboxylic acids is 1. The average molecular weight is 565 g/mol. The maximum atomic E-state index is 11.7. The quantitative estimate of drug-likeness (QED) is 0.204. The van der Waals surface area contributed by atoms with Crippen molar-refractivity contribution >= 4 is 17.6 Å². The number of ether oxygens (including phenoxy) is 1. The fraction of sp³-hybridized carbons (Fsp3) is 0.257.